The summed E-state index contributed by atoms with van der Waals surface area (Å²) < 4.78 is 26.2. The molecule has 0 aliphatic carbocycles. The third-order valence-corrected chi connectivity index (χ3v) is 3.03. The summed E-state index contributed by atoms with van der Waals surface area (Å²) in [6.07, 6.45) is 1.78. The summed E-state index contributed by atoms with van der Waals surface area (Å²) in [6.45, 7) is 0. The van der Waals surface area contributed by atoms with E-state index in [1.54, 1.807) is 22.7 Å². The first kappa shape index (κ1) is 12.4. The molecule has 0 atom stereocenters. The second kappa shape index (κ2) is 4.80. The minimum Gasteiger partial charge on any atom is -0.493 e. The Morgan fingerprint density at radius 2 is 1.80 bits per heavy atom. The van der Waals surface area contributed by atoms with Crippen molar-refractivity contribution >= 4 is 5.65 Å². The van der Waals surface area contributed by atoms with E-state index in [0.717, 1.165) is 0 Å². The van der Waals surface area contributed by atoms with Crippen LogP contribution in [-0.2, 0) is 0 Å². The van der Waals surface area contributed by atoms with Crippen LogP contribution in [0.2, 0.25) is 0 Å². The molecular weight excluding hydrogens is 261 g/mol. The molecule has 0 aliphatic heterocycles. The quantitative estimate of drug-likeness (QED) is 0.736. The fraction of sp³-hybridized carbons (Fsp3) is 0.143. The highest BCUT2D eigenvalue weighted by Gasteiger charge is 2.16. The Bertz CT molecular complexity index is 770. The molecule has 0 saturated carbocycles. The molecule has 0 saturated heterocycles. The van der Waals surface area contributed by atoms with Crippen molar-refractivity contribution in [3.05, 3.63) is 42.3 Å². The lowest BCUT2D eigenvalue weighted by molar-refractivity contribution is 0.352. The van der Waals surface area contributed by atoms with Crippen molar-refractivity contribution in [3.63, 3.8) is 0 Å². The van der Waals surface area contributed by atoms with Crippen LogP contribution >= 0.6 is 0 Å². The van der Waals surface area contributed by atoms with Crippen molar-refractivity contribution in [2.45, 2.75) is 0 Å². The summed E-state index contributed by atoms with van der Waals surface area (Å²) >= 11 is 0. The van der Waals surface area contributed by atoms with Gasteiger partial charge in [0.25, 0.3) is 0 Å². The first-order valence-electron chi connectivity index (χ1n) is 5.96. The summed E-state index contributed by atoms with van der Waals surface area (Å²) in [5, 5.41) is 8.04. The van der Waals surface area contributed by atoms with Gasteiger partial charge >= 0.3 is 0 Å². The van der Waals surface area contributed by atoms with E-state index >= 15 is 0 Å². The molecule has 0 unspecified atom stereocenters. The molecule has 102 valence electrons. The van der Waals surface area contributed by atoms with Crippen molar-refractivity contribution in [1.29, 1.82) is 0 Å². The van der Waals surface area contributed by atoms with Crippen molar-refractivity contribution in [2.75, 3.05) is 14.2 Å². The van der Waals surface area contributed by atoms with Gasteiger partial charge in [-0.25, -0.2) is 4.39 Å². The Balaban J connectivity index is 2.24. The highest BCUT2D eigenvalue weighted by atomic mass is 19.1. The smallest absolute Gasteiger partial charge is 0.171 e. The number of hydrogen-bond acceptors (Lipinski definition) is 4. The maximum Gasteiger partial charge on any atom is 0.171 e. The van der Waals surface area contributed by atoms with E-state index in [2.05, 4.69) is 10.2 Å². The predicted molar refractivity (Wildman–Crippen MR) is 71.5 cm³/mol. The molecular formula is C14H12FN3O2. The third-order valence-electron chi connectivity index (χ3n) is 3.03. The first-order valence-corrected chi connectivity index (χ1v) is 5.96. The molecule has 0 spiro atoms. The van der Waals surface area contributed by atoms with E-state index in [9.17, 15) is 4.39 Å². The van der Waals surface area contributed by atoms with E-state index in [0.29, 0.717) is 28.5 Å². The van der Waals surface area contributed by atoms with Crippen LogP contribution < -0.4 is 9.47 Å². The Morgan fingerprint density at radius 1 is 1.05 bits per heavy atom. The monoisotopic (exact) mass is 273 g/mol. The van der Waals surface area contributed by atoms with Crippen LogP contribution in [0.15, 0.2) is 36.5 Å². The zero-order valence-corrected chi connectivity index (χ0v) is 11.0. The number of ether oxygens (including phenoxy) is 2. The molecule has 1 aromatic carbocycles. The first-order chi connectivity index (χ1) is 9.74. The topological polar surface area (TPSA) is 48.7 Å². The van der Waals surface area contributed by atoms with Crippen LogP contribution in [0.1, 0.15) is 0 Å². The number of pyridine rings is 1. The highest BCUT2D eigenvalue weighted by Crippen LogP contribution is 2.34. The summed E-state index contributed by atoms with van der Waals surface area (Å²) in [4.78, 5) is 0. The lowest BCUT2D eigenvalue weighted by atomic mass is 10.1. The molecule has 0 amide bonds. The fourth-order valence-electron chi connectivity index (χ4n) is 2.05. The Morgan fingerprint density at radius 3 is 2.55 bits per heavy atom. The fourth-order valence-corrected chi connectivity index (χ4v) is 2.05. The van der Waals surface area contributed by atoms with Crippen LogP contribution in [0.4, 0.5) is 4.39 Å². The van der Waals surface area contributed by atoms with E-state index in [1.165, 1.54) is 20.3 Å². The molecule has 3 aromatic rings. The third kappa shape index (κ3) is 1.85. The number of halogens is 1. The molecule has 0 radical (unpaired) electrons. The molecule has 0 bridgehead atoms. The van der Waals surface area contributed by atoms with Gasteiger partial charge in [-0.3, -0.25) is 4.40 Å². The normalized spacial score (nSPS) is 10.8. The Hall–Kier alpha value is -2.63. The van der Waals surface area contributed by atoms with Gasteiger partial charge in [0.15, 0.2) is 23.0 Å². The number of hydrogen-bond donors (Lipinski definition) is 0. The Labute approximate surface area is 114 Å². The molecule has 3 rings (SSSR count). The van der Waals surface area contributed by atoms with Gasteiger partial charge in [0.2, 0.25) is 0 Å². The second-order valence-corrected chi connectivity index (χ2v) is 4.14. The summed E-state index contributed by atoms with van der Waals surface area (Å²) in [6, 6.07) is 8.31. The summed E-state index contributed by atoms with van der Waals surface area (Å²) in [5.41, 5.74) is 0.957. The van der Waals surface area contributed by atoms with Gasteiger partial charge in [-0.1, -0.05) is 6.07 Å². The molecule has 0 fully saturated rings. The van der Waals surface area contributed by atoms with E-state index in [1.807, 2.05) is 12.1 Å². The SMILES string of the molecule is COc1cc(F)c(-c2nnc3ccccn23)cc1OC. The van der Waals surface area contributed by atoms with Crippen LogP contribution in [0.25, 0.3) is 17.0 Å². The van der Waals surface area contributed by atoms with Gasteiger partial charge in [-0.15, -0.1) is 10.2 Å². The predicted octanol–water partition coefficient (Wildman–Crippen LogP) is 2.55. The van der Waals surface area contributed by atoms with Crippen molar-refractivity contribution < 1.29 is 13.9 Å². The number of aromatic nitrogens is 3. The average molecular weight is 273 g/mol. The molecule has 6 heteroatoms. The number of rotatable bonds is 3. The van der Waals surface area contributed by atoms with Gasteiger partial charge in [0.05, 0.1) is 19.8 Å². The van der Waals surface area contributed by atoms with Crippen molar-refractivity contribution in [3.8, 4) is 22.9 Å². The standard InChI is InChI=1S/C14H12FN3O2/c1-19-11-7-9(10(15)8-12(11)20-2)14-17-16-13-5-3-4-6-18(13)14/h3-8H,1-2H3. The molecule has 2 aromatic heterocycles. The van der Waals surface area contributed by atoms with Crippen molar-refractivity contribution in [2.24, 2.45) is 0 Å². The van der Waals surface area contributed by atoms with Gasteiger partial charge in [-0.05, 0) is 18.2 Å². The zero-order chi connectivity index (χ0) is 14.1. The van der Waals surface area contributed by atoms with Gasteiger partial charge < -0.3 is 9.47 Å². The summed E-state index contributed by atoms with van der Waals surface area (Å²) in [5.74, 6) is 0.749. The number of nitrogens with zero attached hydrogens (tertiary/aromatic N) is 3. The molecule has 20 heavy (non-hydrogen) atoms. The number of methoxy groups -OCH3 is 2. The lowest BCUT2D eigenvalue weighted by Gasteiger charge is -2.10. The van der Waals surface area contributed by atoms with Crippen LogP contribution in [0.3, 0.4) is 0 Å². The number of benzene rings is 1. The van der Waals surface area contributed by atoms with Crippen LogP contribution in [0.5, 0.6) is 11.5 Å². The minimum atomic E-state index is -0.444. The molecule has 0 aliphatic rings. The lowest BCUT2D eigenvalue weighted by Crippen LogP contribution is -1.96. The number of fused-ring (bicyclic) bond motifs is 1. The zero-order valence-electron chi connectivity index (χ0n) is 11.0. The molecule has 5 nitrogen and oxygen atoms in total. The minimum absolute atomic E-state index is 0.307. The van der Waals surface area contributed by atoms with E-state index < -0.39 is 5.82 Å². The van der Waals surface area contributed by atoms with Gasteiger partial charge in [0, 0.05) is 12.3 Å². The molecule has 0 N–H and O–H groups in total. The van der Waals surface area contributed by atoms with Crippen molar-refractivity contribution in [1.82, 2.24) is 14.6 Å². The largest absolute Gasteiger partial charge is 0.493 e. The maximum atomic E-state index is 14.2. The second-order valence-electron chi connectivity index (χ2n) is 4.14. The maximum absolute atomic E-state index is 14.2. The van der Waals surface area contributed by atoms with E-state index in [-0.39, 0.29) is 0 Å². The van der Waals surface area contributed by atoms with Crippen LogP contribution in [-0.4, -0.2) is 28.8 Å². The summed E-state index contributed by atoms with van der Waals surface area (Å²) in [7, 11) is 2.96. The van der Waals surface area contributed by atoms with Gasteiger partial charge in [0.1, 0.15) is 5.82 Å². The molecule has 2 heterocycles. The Kier molecular flexibility index (Phi) is 2.98. The van der Waals surface area contributed by atoms with Gasteiger partial charge in [-0.2, -0.15) is 0 Å². The average Bonchev–Trinajstić information content (AvgIpc) is 2.90. The highest BCUT2D eigenvalue weighted by molar-refractivity contribution is 5.64. The van der Waals surface area contributed by atoms with E-state index in [4.69, 9.17) is 9.47 Å². The van der Waals surface area contributed by atoms with Crippen LogP contribution in [0, 0.1) is 5.82 Å².